The number of amides is 1. The number of carbonyl (C=O) groups excluding carboxylic acids is 1. The first-order valence-electron chi connectivity index (χ1n) is 4.65. The Morgan fingerprint density at radius 2 is 2.25 bits per heavy atom. The lowest BCUT2D eigenvalue weighted by molar-refractivity contribution is 0.0636. The van der Waals surface area contributed by atoms with Gasteiger partial charge in [-0.3, -0.25) is 5.32 Å². The van der Waals surface area contributed by atoms with Crippen molar-refractivity contribution < 1.29 is 13.9 Å². The van der Waals surface area contributed by atoms with Crippen LogP contribution in [0.15, 0.2) is 5.38 Å². The van der Waals surface area contributed by atoms with Crippen molar-refractivity contribution in [2.24, 2.45) is 0 Å². The minimum atomic E-state index is -0.664. The molecule has 1 aromatic rings. The van der Waals surface area contributed by atoms with Gasteiger partial charge in [0.05, 0.1) is 15.6 Å². The van der Waals surface area contributed by atoms with Crippen LogP contribution in [0.3, 0.4) is 0 Å². The summed E-state index contributed by atoms with van der Waals surface area (Å²) in [5, 5.41) is 4.34. The van der Waals surface area contributed by atoms with Crippen molar-refractivity contribution in [2.75, 3.05) is 5.32 Å². The van der Waals surface area contributed by atoms with Gasteiger partial charge in [0, 0.05) is 5.38 Å². The molecule has 0 atom stereocenters. The Morgan fingerprint density at radius 1 is 1.62 bits per heavy atom. The highest BCUT2D eigenvalue weighted by Crippen LogP contribution is 2.33. The number of anilines is 1. The lowest BCUT2D eigenvalue weighted by Crippen LogP contribution is -2.27. The predicted molar refractivity (Wildman–Crippen MR) is 64.0 cm³/mol. The van der Waals surface area contributed by atoms with Crippen LogP contribution < -0.4 is 5.32 Å². The van der Waals surface area contributed by atoms with Gasteiger partial charge in [-0.15, -0.1) is 11.3 Å². The highest BCUT2D eigenvalue weighted by molar-refractivity contribution is 7.11. The van der Waals surface area contributed by atoms with Gasteiger partial charge in [0.15, 0.2) is 0 Å². The van der Waals surface area contributed by atoms with E-state index in [1.54, 1.807) is 26.2 Å². The van der Waals surface area contributed by atoms with E-state index in [2.05, 4.69) is 5.32 Å². The third kappa shape index (κ3) is 3.64. The van der Waals surface area contributed by atoms with Gasteiger partial charge in [-0.25, -0.2) is 9.18 Å². The first-order valence-corrected chi connectivity index (χ1v) is 5.91. The Morgan fingerprint density at radius 3 is 2.75 bits per heavy atom. The van der Waals surface area contributed by atoms with E-state index in [1.165, 1.54) is 0 Å². The molecule has 0 spiro atoms. The molecule has 0 aliphatic rings. The monoisotopic (exact) mass is 265 g/mol. The Bertz CT molecular complexity index is 387. The van der Waals surface area contributed by atoms with E-state index in [1.807, 2.05) is 0 Å². The van der Waals surface area contributed by atoms with E-state index in [-0.39, 0.29) is 0 Å². The van der Waals surface area contributed by atoms with Crippen LogP contribution in [-0.2, 0) is 11.4 Å². The number of hydrogen-bond acceptors (Lipinski definition) is 3. The molecule has 0 aliphatic carbocycles. The fourth-order valence-corrected chi connectivity index (χ4v) is 2.06. The lowest BCUT2D eigenvalue weighted by atomic mass is 10.2. The van der Waals surface area contributed by atoms with Gasteiger partial charge in [-0.2, -0.15) is 0 Å². The van der Waals surface area contributed by atoms with Crippen molar-refractivity contribution in [1.29, 1.82) is 0 Å². The zero-order valence-electron chi connectivity index (χ0n) is 9.27. The number of hydrogen-bond donors (Lipinski definition) is 1. The Hall–Kier alpha value is -0.810. The van der Waals surface area contributed by atoms with E-state index in [9.17, 15) is 9.18 Å². The van der Waals surface area contributed by atoms with Crippen molar-refractivity contribution in [3.05, 3.63) is 15.3 Å². The van der Waals surface area contributed by atoms with E-state index in [0.29, 0.717) is 15.6 Å². The molecular formula is C10H13ClFNO2S. The molecular weight excluding hydrogens is 253 g/mol. The zero-order chi connectivity index (χ0) is 12.3. The fraction of sp³-hybridized carbons (Fsp3) is 0.500. The maximum absolute atomic E-state index is 12.5. The average molecular weight is 266 g/mol. The molecule has 1 rings (SSSR count). The molecule has 90 valence electrons. The van der Waals surface area contributed by atoms with E-state index in [0.717, 1.165) is 11.3 Å². The number of ether oxygens (including phenoxy) is 1. The molecule has 1 aromatic heterocycles. The SMILES string of the molecule is CC(C)(C)OC(=O)Nc1c(Cl)csc1CF. The Labute approximate surface area is 103 Å². The summed E-state index contributed by atoms with van der Waals surface area (Å²) < 4.78 is 17.6. The van der Waals surface area contributed by atoms with Crippen molar-refractivity contribution in [3.63, 3.8) is 0 Å². The van der Waals surface area contributed by atoms with Crippen LogP contribution in [0.25, 0.3) is 0 Å². The summed E-state index contributed by atoms with van der Waals surface area (Å²) in [6, 6.07) is 0. The maximum atomic E-state index is 12.5. The molecule has 0 aromatic carbocycles. The van der Waals surface area contributed by atoms with Crippen LogP contribution in [0.2, 0.25) is 5.02 Å². The molecule has 1 N–H and O–H groups in total. The van der Waals surface area contributed by atoms with Crippen LogP contribution in [0, 0.1) is 0 Å². The summed E-state index contributed by atoms with van der Waals surface area (Å²) in [6.07, 6.45) is -0.637. The number of carbonyl (C=O) groups is 1. The highest BCUT2D eigenvalue weighted by atomic mass is 35.5. The number of alkyl halides is 1. The minimum Gasteiger partial charge on any atom is -0.444 e. The Balaban J connectivity index is 2.73. The summed E-state index contributed by atoms with van der Waals surface area (Å²) in [5.41, 5.74) is -0.300. The summed E-state index contributed by atoms with van der Waals surface area (Å²) in [7, 11) is 0. The summed E-state index contributed by atoms with van der Waals surface area (Å²) in [4.78, 5) is 11.8. The topological polar surface area (TPSA) is 38.3 Å². The third-order valence-corrected chi connectivity index (χ3v) is 2.95. The van der Waals surface area contributed by atoms with Gasteiger partial charge < -0.3 is 4.74 Å². The van der Waals surface area contributed by atoms with Gasteiger partial charge >= 0.3 is 6.09 Å². The van der Waals surface area contributed by atoms with Crippen molar-refractivity contribution in [1.82, 2.24) is 0 Å². The molecule has 0 aliphatic heterocycles. The second-order valence-electron chi connectivity index (χ2n) is 4.14. The number of rotatable bonds is 2. The van der Waals surface area contributed by atoms with E-state index >= 15 is 0 Å². The second kappa shape index (κ2) is 5.01. The van der Waals surface area contributed by atoms with Crippen LogP contribution >= 0.6 is 22.9 Å². The van der Waals surface area contributed by atoms with Gasteiger partial charge in [-0.05, 0) is 20.8 Å². The largest absolute Gasteiger partial charge is 0.444 e. The van der Waals surface area contributed by atoms with Crippen LogP contribution in [0.5, 0.6) is 0 Å². The number of nitrogens with one attached hydrogen (secondary N) is 1. The average Bonchev–Trinajstić information content (AvgIpc) is 2.44. The number of thiophene rings is 1. The third-order valence-electron chi connectivity index (χ3n) is 1.57. The molecule has 6 heteroatoms. The molecule has 0 unspecified atom stereocenters. The molecule has 0 fully saturated rings. The van der Waals surface area contributed by atoms with E-state index in [4.69, 9.17) is 16.3 Å². The molecule has 0 saturated carbocycles. The first-order chi connectivity index (χ1) is 7.33. The molecule has 1 amide bonds. The van der Waals surface area contributed by atoms with Crippen molar-refractivity contribution in [2.45, 2.75) is 33.0 Å². The molecule has 1 heterocycles. The van der Waals surface area contributed by atoms with Gasteiger partial charge in [0.1, 0.15) is 12.3 Å². The molecule has 3 nitrogen and oxygen atoms in total. The summed E-state index contributed by atoms with van der Waals surface area (Å²) >= 11 is 6.97. The highest BCUT2D eigenvalue weighted by Gasteiger charge is 2.19. The van der Waals surface area contributed by atoms with Crippen molar-refractivity contribution in [3.8, 4) is 0 Å². The molecule has 16 heavy (non-hydrogen) atoms. The van der Waals surface area contributed by atoms with Gasteiger partial charge in [-0.1, -0.05) is 11.6 Å². The van der Waals surface area contributed by atoms with Crippen LogP contribution in [0.1, 0.15) is 25.6 Å². The summed E-state index contributed by atoms with van der Waals surface area (Å²) in [5.74, 6) is 0. The maximum Gasteiger partial charge on any atom is 0.412 e. The number of halogens is 2. The molecule has 0 saturated heterocycles. The van der Waals surface area contributed by atoms with Crippen LogP contribution in [0.4, 0.5) is 14.9 Å². The van der Waals surface area contributed by atoms with Gasteiger partial charge in [0.25, 0.3) is 0 Å². The van der Waals surface area contributed by atoms with Crippen molar-refractivity contribution >= 4 is 34.7 Å². The smallest absolute Gasteiger partial charge is 0.412 e. The fourth-order valence-electron chi connectivity index (χ4n) is 1.01. The Kier molecular flexibility index (Phi) is 4.15. The summed E-state index contributed by atoms with van der Waals surface area (Å²) in [6.45, 7) is 4.58. The normalized spacial score (nSPS) is 11.3. The molecule has 0 radical (unpaired) electrons. The second-order valence-corrected chi connectivity index (χ2v) is 5.51. The quantitative estimate of drug-likeness (QED) is 0.869. The minimum absolute atomic E-state index is 0.295. The van der Waals surface area contributed by atoms with Gasteiger partial charge in [0.2, 0.25) is 0 Å². The first kappa shape index (κ1) is 13.3. The standard InChI is InChI=1S/C10H13ClFNO2S/c1-10(2,3)15-9(14)13-8-6(11)5-16-7(8)4-12/h5H,4H2,1-3H3,(H,13,14). The van der Waals surface area contributed by atoms with Crippen LogP contribution in [-0.4, -0.2) is 11.7 Å². The lowest BCUT2D eigenvalue weighted by Gasteiger charge is -2.19. The molecule has 0 bridgehead atoms. The van der Waals surface area contributed by atoms with E-state index < -0.39 is 18.4 Å². The predicted octanol–water partition coefficient (Wildman–Crippen LogP) is 4.22. The zero-order valence-corrected chi connectivity index (χ0v) is 10.8.